The second kappa shape index (κ2) is 7.47. The van der Waals surface area contributed by atoms with Gasteiger partial charge in [0, 0.05) is 18.8 Å². The normalized spacial score (nSPS) is 21.8. The number of amides is 4. The lowest BCUT2D eigenvalue weighted by atomic mass is 10.1. The smallest absolute Gasteiger partial charge is 0.328 e. The van der Waals surface area contributed by atoms with E-state index in [-0.39, 0.29) is 0 Å². The molecule has 33 heavy (non-hydrogen) atoms. The molecule has 2 unspecified atom stereocenters. The van der Waals surface area contributed by atoms with Gasteiger partial charge in [-0.05, 0) is 25.5 Å². The molecule has 0 aliphatic carbocycles. The van der Waals surface area contributed by atoms with Crippen molar-refractivity contribution in [3.05, 3.63) is 71.4 Å². The van der Waals surface area contributed by atoms with E-state index in [1.54, 1.807) is 11.9 Å². The summed E-state index contributed by atoms with van der Waals surface area (Å²) in [6.07, 6.45) is 1.19. The largest absolute Gasteiger partial charge is 0.368 e. The molecule has 168 valence electrons. The lowest BCUT2D eigenvalue weighted by Gasteiger charge is -2.39. The summed E-state index contributed by atoms with van der Waals surface area (Å²) >= 11 is 0. The zero-order chi connectivity index (χ0) is 23.4. The first-order chi connectivity index (χ1) is 15.8. The highest BCUT2D eigenvalue weighted by Crippen LogP contribution is 2.41. The molecule has 2 aromatic rings. The summed E-state index contributed by atoms with van der Waals surface area (Å²) in [5.41, 5.74) is 10.3. The number of rotatable bonds is 4. The molecule has 0 bridgehead atoms. The SMILES string of the molecule is Cc1ccc(N2C(c3ccccc3)=CN3C2=NC2C3C(=O)N(CC(N)=O)C(=O)N2C)c(C)c1. The lowest BCUT2D eigenvalue weighted by Crippen LogP contribution is -2.65. The number of urea groups is 1. The fraction of sp³-hybridized carbons (Fsp3) is 0.250. The fourth-order valence-corrected chi connectivity index (χ4v) is 4.64. The summed E-state index contributed by atoms with van der Waals surface area (Å²) in [6, 6.07) is 14.7. The first-order valence-electron chi connectivity index (χ1n) is 10.6. The van der Waals surface area contributed by atoms with Crippen molar-refractivity contribution in [3.8, 4) is 0 Å². The van der Waals surface area contributed by atoms with Gasteiger partial charge in [-0.1, -0.05) is 48.0 Å². The molecule has 1 fully saturated rings. The number of nitrogens with two attached hydrogens (primary N) is 1. The van der Waals surface area contributed by atoms with Crippen LogP contribution in [0.15, 0.2) is 59.7 Å². The summed E-state index contributed by atoms with van der Waals surface area (Å²) in [4.78, 5) is 48.6. The summed E-state index contributed by atoms with van der Waals surface area (Å²) in [6.45, 7) is 3.60. The Balaban J connectivity index is 1.63. The molecule has 1 saturated heterocycles. The first kappa shape index (κ1) is 20.7. The van der Waals surface area contributed by atoms with E-state index in [0.29, 0.717) is 5.96 Å². The van der Waals surface area contributed by atoms with Gasteiger partial charge in [0.25, 0.3) is 5.91 Å². The zero-order valence-corrected chi connectivity index (χ0v) is 18.6. The molecule has 0 spiro atoms. The number of aliphatic imine (C=N–C) groups is 1. The van der Waals surface area contributed by atoms with Crippen molar-refractivity contribution in [2.45, 2.75) is 26.1 Å². The second-order valence-corrected chi connectivity index (χ2v) is 8.48. The third-order valence-corrected chi connectivity index (χ3v) is 6.19. The second-order valence-electron chi connectivity index (χ2n) is 8.48. The van der Waals surface area contributed by atoms with Gasteiger partial charge in [0.2, 0.25) is 11.9 Å². The van der Waals surface area contributed by atoms with Crippen LogP contribution in [0, 0.1) is 13.8 Å². The maximum absolute atomic E-state index is 13.3. The number of imide groups is 1. The van der Waals surface area contributed by atoms with Crippen molar-refractivity contribution >= 4 is 35.2 Å². The molecule has 0 radical (unpaired) electrons. The van der Waals surface area contributed by atoms with Crippen molar-refractivity contribution in [1.82, 2.24) is 14.7 Å². The van der Waals surface area contributed by atoms with Gasteiger partial charge in [-0.3, -0.25) is 24.3 Å². The molecule has 0 saturated carbocycles. The minimum Gasteiger partial charge on any atom is -0.368 e. The molecule has 2 N–H and O–H groups in total. The van der Waals surface area contributed by atoms with Crippen LogP contribution in [-0.2, 0) is 9.59 Å². The van der Waals surface area contributed by atoms with Crippen LogP contribution >= 0.6 is 0 Å². The number of guanidine groups is 1. The highest BCUT2D eigenvalue weighted by molar-refractivity contribution is 6.16. The van der Waals surface area contributed by atoms with Gasteiger partial charge in [0.1, 0.15) is 6.54 Å². The van der Waals surface area contributed by atoms with E-state index < -0.39 is 36.6 Å². The Hall–Kier alpha value is -4.14. The van der Waals surface area contributed by atoms with Crippen molar-refractivity contribution in [2.75, 3.05) is 18.5 Å². The predicted octanol–water partition coefficient (Wildman–Crippen LogP) is 1.87. The molecule has 2 aromatic carbocycles. The lowest BCUT2D eigenvalue weighted by molar-refractivity contribution is -0.139. The van der Waals surface area contributed by atoms with E-state index in [9.17, 15) is 14.4 Å². The Morgan fingerprint density at radius 3 is 2.48 bits per heavy atom. The van der Waals surface area contributed by atoms with Crippen LogP contribution in [0.25, 0.3) is 5.70 Å². The number of anilines is 1. The molecule has 3 aliphatic heterocycles. The van der Waals surface area contributed by atoms with Crippen LogP contribution in [0.1, 0.15) is 16.7 Å². The Morgan fingerprint density at radius 1 is 1.09 bits per heavy atom. The number of nitrogens with zero attached hydrogens (tertiary/aromatic N) is 5. The molecule has 3 heterocycles. The number of hydrogen-bond donors (Lipinski definition) is 1. The van der Waals surface area contributed by atoms with Gasteiger partial charge in [-0.15, -0.1) is 0 Å². The van der Waals surface area contributed by atoms with Gasteiger partial charge in [-0.25, -0.2) is 9.79 Å². The van der Waals surface area contributed by atoms with Crippen LogP contribution < -0.4 is 10.6 Å². The van der Waals surface area contributed by atoms with Crippen molar-refractivity contribution in [1.29, 1.82) is 0 Å². The molecule has 9 heteroatoms. The minimum atomic E-state index is -0.781. The number of carbonyl (C=O) groups excluding carboxylic acids is 3. The van der Waals surface area contributed by atoms with E-state index in [0.717, 1.165) is 33.0 Å². The third kappa shape index (κ3) is 3.15. The maximum Gasteiger partial charge on any atom is 0.328 e. The number of benzene rings is 2. The summed E-state index contributed by atoms with van der Waals surface area (Å²) in [7, 11) is 1.58. The average Bonchev–Trinajstić information content (AvgIpc) is 3.32. The van der Waals surface area contributed by atoms with E-state index in [1.165, 1.54) is 4.90 Å². The Labute approximate surface area is 191 Å². The highest BCUT2D eigenvalue weighted by atomic mass is 16.2. The van der Waals surface area contributed by atoms with E-state index in [4.69, 9.17) is 10.7 Å². The molecule has 2 atom stereocenters. The predicted molar refractivity (Wildman–Crippen MR) is 124 cm³/mol. The number of fused-ring (bicyclic) bond motifs is 3. The molecular weight excluding hydrogens is 420 g/mol. The van der Waals surface area contributed by atoms with E-state index >= 15 is 0 Å². The average molecular weight is 444 g/mol. The monoisotopic (exact) mass is 444 g/mol. The summed E-state index contributed by atoms with van der Waals surface area (Å²) in [5, 5.41) is 0. The van der Waals surface area contributed by atoms with Crippen molar-refractivity contribution < 1.29 is 14.4 Å². The highest BCUT2D eigenvalue weighted by Gasteiger charge is 2.55. The maximum atomic E-state index is 13.3. The Bertz CT molecular complexity index is 1240. The van der Waals surface area contributed by atoms with E-state index in [2.05, 4.69) is 6.07 Å². The van der Waals surface area contributed by atoms with Crippen LogP contribution in [0.5, 0.6) is 0 Å². The molecule has 3 aliphatic rings. The van der Waals surface area contributed by atoms with Gasteiger partial charge < -0.3 is 10.6 Å². The number of aryl methyl sites for hydroxylation is 2. The topological polar surface area (TPSA) is 103 Å². The summed E-state index contributed by atoms with van der Waals surface area (Å²) in [5.74, 6) is -0.682. The Morgan fingerprint density at radius 2 is 1.82 bits per heavy atom. The van der Waals surface area contributed by atoms with E-state index in [1.807, 2.05) is 67.4 Å². The minimum absolute atomic E-state index is 0.468. The fourth-order valence-electron chi connectivity index (χ4n) is 4.64. The number of carbonyl (C=O) groups is 3. The van der Waals surface area contributed by atoms with Crippen LogP contribution in [-0.4, -0.2) is 64.3 Å². The van der Waals surface area contributed by atoms with Gasteiger partial charge >= 0.3 is 6.03 Å². The van der Waals surface area contributed by atoms with Crippen molar-refractivity contribution in [2.24, 2.45) is 10.7 Å². The standard InChI is InChI=1S/C24H24N6O3/c1-14-9-10-17(15(2)11-14)30-18(16-7-5-4-6-8-16)12-28-20-21(26-23(28)30)27(3)24(33)29(22(20)32)13-19(25)31/h4-12,20-21H,13H2,1-3H3,(H2,25,31). The molecule has 0 aromatic heterocycles. The molecule has 4 amide bonds. The quantitative estimate of drug-likeness (QED) is 0.776. The zero-order valence-electron chi connectivity index (χ0n) is 18.6. The third-order valence-electron chi connectivity index (χ3n) is 6.19. The first-order valence-corrected chi connectivity index (χ1v) is 10.6. The van der Waals surface area contributed by atoms with Gasteiger partial charge in [0.05, 0.1) is 11.4 Å². The molecule has 5 rings (SSSR count). The van der Waals surface area contributed by atoms with Gasteiger partial charge in [0.15, 0.2) is 12.2 Å². The van der Waals surface area contributed by atoms with Crippen LogP contribution in [0.2, 0.25) is 0 Å². The number of hydrogen-bond acceptors (Lipinski definition) is 6. The number of primary amides is 1. The number of likely N-dealkylation sites (N-methyl/N-ethyl adjacent to an activating group) is 1. The van der Waals surface area contributed by atoms with Gasteiger partial charge in [-0.2, -0.15) is 0 Å². The van der Waals surface area contributed by atoms with Crippen LogP contribution in [0.4, 0.5) is 10.5 Å². The molecule has 9 nitrogen and oxygen atoms in total. The molecular formula is C24H24N6O3. The summed E-state index contributed by atoms with van der Waals surface area (Å²) < 4.78 is 0. The van der Waals surface area contributed by atoms with Crippen molar-refractivity contribution in [3.63, 3.8) is 0 Å². The van der Waals surface area contributed by atoms with Crippen LogP contribution in [0.3, 0.4) is 0 Å². The Kier molecular flexibility index (Phi) is 4.70.